The van der Waals surface area contributed by atoms with E-state index in [0.717, 1.165) is 12.1 Å². The van der Waals surface area contributed by atoms with Gasteiger partial charge in [0.15, 0.2) is 5.75 Å². The Kier molecular flexibility index (Phi) is 4.96. The number of benzene rings is 1. The van der Waals surface area contributed by atoms with Gasteiger partial charge in [-0.15, -0.1) is 13.2 Å². The minimum atomic E-state index is -4.95. The van der Waals surface area contributed by atoms with E-state index in [9.17, 15) is 26.7 Å². The molecule has 0 radical (unpaired) electrons. The predicted molar refractivity (Wildman–Crippen MR) is 72.8 cm³/mol. The summed E-state index contributed by atoms with van der Waals surface area (Å²) >= 11 is 0. The Hall–Kier alpha value is -2.78. The van der Waals surface area contributed by atoms with Crippen molar-refractivity contribution in [2.45, 2.75) is 19.7 Å². The zero-order valence-electron chi connectivity index (χ0n) is 12.1. The van der Waals surface area contributed by atoms with E-state index >= 15 is 0 Å². The summed E-state index contributed by atoms with van der Waals surface area (Å²) in [6.07, 6.45) is -7.87. The van der Waals surface area contributed by atoms with Gasteiger partial charge in [0.2, 0.25) is 0 Å². The number of aryl methyl sites for hydroxylation is 1. The van der Waals surface area contributed by atoms with Gasteiger partial charge in [0.25, 0.3) is 12.3 Å². The molecule has 1 heterocycles. The summed E-state index contributed by atoms with van der Waals surface area (Å²) in [7, 11) is 0. The molecule has 1 aromatic heterocycles. The number of para-hydroxylation sites is 2. The van der Waals surface area contributed by atoms with Crippen LogP contribution in [0.15, 0.2) is 30.3 Å². The highest BCUT2D eigenvalue weighted by atomic mass is 19.4. The van der Waals surface area contributed by atoms with Crippen LogP contribution in [0.1, 0.15) is 28.4 Å². The first-order chi connectivity index (χ1) is 11.2. The number of ether oxygens (including phenoxy) is 1. The third-order valence-corrected chi connectivity index (χ3v) is 2.67. The van der Waals surface area contributed by atoms with Crippen molar-refractivity contribution in [3.05, 3.63) is 47.5 Å². The van der Waals surface area contributed by atoms with Crippen LogP contribution in [0.4, 0.5) is 27.6 Å². The average molecular weight is 347 g/mol. The number of halogens is 5. The fraction of sp³-hybridized carbons (Fsp3) is 0.214. The molecule has 1 N–H and O–H groups in total. The van der Waals surface area contributed by atoms with Crippen LogP contribution in [0.3, 0.4) is 0 Å². The van der Waals surface area contributed by atoms with Gasteiger partial charge in [-0.25, -0.2) is 18.7 Å². The van der Waals surface area contributed by atoms with E-state index in [1.165, 1.54) is 25.1 Å². The van der Waals surface area contributed by atoms with Crippen LogP contribution >= 0.6 is 0 Å². The Balaban J connectivity index is 2.28. The fourth-order valence-corrected chi connectivity index (χ4v) is 1.79. The number of nitrogens with zero attached hydrogens (tertiary/aromatic N) is 2. The summed E-state index contributed by atoms with van der Waals surface area (Å²) in [5.74, 6) is -1.68. The van der Waals surface area contributed by atoms with E-state index in [0.29, 0.717) is 0 Å². The third kappa shape index (κ3) is 4.61. The van der Waals surface area contributed by atoms with Crippen molar-refractivity contribution in [3.8, 4) is 5.75 Å². The number of aromatic nitrogens is 2. The maximum absolute atomic E-state index is 12.7. The lowest BCUT2D eigenvalue weighted by Crippen LogP contribution is -2.20. The van der Waals surface area contributed by atoms with Crippen molar-refractivity contribution in [1.82, 2.24) is 9.97 Å². The van der Waals surface area contributed by atoms with Crippen LogP contribution in [0.5, 0.6) is 5.75 Å². The molecule has 0 spiro atoms. The average Bonchev–Trinajstić information content (AvgIpc) is 2.47. The lowest BCUT2D eigenvalue weighted by molar-refractivity contribution is -0.274. The largest absolute Gasteiger partial charge is 0.573 e. The maximum atomic E-state index is 12.7. The molecule has 0 saturated heterocycles. The van der Waals surface area contributed by atoms with Crippen LogP contribution in [0.25, 0.3) is 0 Å². The molecule has 128 valence electrons. The Morgan fingerprint density at radius 3 is 2.50 bits per heavy atom. The summed E-state index contributed by atoms with van der Waals surface area (Å²) in [6.45, 7) is 1.31. The Labute approximate surface area is 132 Å². The van der Waals surface area contributed by atoms with Gasteiger partial charge >= 0.3 is 6.36 Å². The SMILES string of the molecule is Cc1nc(C(=O)Nc2ccccc2OC(F)(F)F)cc(C(F)F)n1. The molecule has 1 aromatic carbocycles. The molecule has 0 fully saturated rings. The highest BCUT2D eigenvalue weighted by Gasteiger charge is 2.32. The highest BCUT2D eigenvalue weighted by Crippen LogP contribution is 2.30. The zero-order chi connectivity index (χ0) is 17.9. The van der Waals surface area contributed by atoms with Crippen molar-refractivity contribution in [3.63, 3.8) is 0 Å². The topological polar surface area (TPSA) is 64.1 Å². The van der Waals surface area contributed by atoms with Gasteiger partial charge in [-0.3, -0.25) is 4.79 Å². The molecule has 0 aliphatic carbocycles. The van der Waals surface area contributed by atoms with E-state index < -0.39 is 35.8 Å². The van der Waals surface area contributed by atoms with Crippen molar-refractivity contribution >= 4 is 11.6 Å². The number of nitrogens with one attached hydrogen (secondary N) is 1. The van der Waals surface area contributed by atoms with Crippen LogP contribution in [0, 0.1) is 6.92 Å². The van der Waals surface area contributed by atoms with Crippen molar-refractivity contribution in [2.24, 2.45) is 0 Å². The molecule has 0 atom stereocenters. The fourth-order valence-electron chi connectivity index (χ4n) is 1.79. The van der Waals surface area contributed by atoms with Crippen molar-refractivity contribution in [1.29, 1.82) is 0 Å². The molecule has 0 aliphatic heterocycles. The second-order valence-corrected chi connectivity index (χ2v) is 4.52. The molecule has 10 heteroatoms. The summed E-state index contributed by atoms with van der Waals surface area (Å²) in [5, 5.41) is 2.14. The molecule has 0 bridgehead atoms. The van der Waals surface area contributed by atoms with E-state index in [4.69, 9.17) is 0 Å². The number of rotatable bonds is 4. The number of hydrogen-bond donors (Lipinski definition) is 1. The van der Waals surface area contributed by atoms with Gasteiger partial charge in [0, 0.05) is 0 Å². The minimum Gasteiger partial charge on any atom is -0.404 e. The van der Waals surface area contributed by atoms with Crippen molar-refractivity contribution in [2.75, 3.05) is 5.32 Å². The Bertz CT molecular complexity index is 749. The molecule has 1 amide bonds. The maximum Gasteiger partial charge on any atom is 0.573 e. The van der Waals surface area contributed by atoms with Gasteiger partial charge < -0.3 is 10.1 Å². The first-order valence-corrected chi connectivity index (χ1v) is 6.45. The normalized spacial score (nSPS) is 11.5. The highest BCUT2D eigenvalue weighted by molar-refractivity contribution is 6.03. The van der Waals surface area contributed by atoms with E-state index in [2.05, 4.69) is 20.0 Å². The van der Waals surface area contributed by atoms with E-state index in [-0.39, 0.29) is 11.5 Å². The number of carbonyl (C=O) groups is 1. The smallest absolute Gasteiger partial charge is 0.404 e. The Morgan fingerprint density at radius 2 is 1.88 bits per heavy atom. The van der Waals surface area contributed by atoms with E-state index in [1.54, 1.807) is 0 Å². The molecule has 0 unspecified atom stereocenters. The van der Waals surface area contributed by atoms with Gasteiger partial charge in [-0.1, -0.05) is 12.1 Å². The molecule has 24 heavy (non-hydrogen) atoms. The summed E-state index contributed by atoms with van der Waals surface area (Å²) < 4.78 is 66.2. The van der Waals surface area contributed by atoms with Gasteiger partial charge in [0.1, 0.15) is 17.2 Å². The van der Waals surface area contributed by atoms with Crippen LogP contribution < -0.4 is 10.1 Å². The molecule has 2 rings (SSSR count). The summed E-state index contributed by atoms with van der Waals surface area (Å²) in [6, 6.07) is 5.58. The van der Waals surface area contributed by atoms with Gasteiger partial charge in [-0.05, 0) is 25.1 Å². The van der Waals surface area contributed by atoms with Crippen molar-refractivity contribution < 1.29 is 31.5 Å². The number of hydrogen-bond acceptors (Lipinski definition) is 4. The van der Waals surface area contributed by atoms with Crippen LogP contribution in [-0.2, 0) is 0 Å². The standard InChI is InChI=1S/C14H10F5N3O2/c1-7-20-9(12(15)16)6-10(21-7)13(23)22-8-4-2-3-5-11(8)24-14(17,18)19/h2-6,12H,1H3,(H,22,23). The number of anilines is 1. The molecular formula is C14H10F5N3O2. The quantitative estimate of drug-likeness (QED) is 0.853. The minimum absolute atomic E-state index is 0.0715. The predicted octanol–water partition coefficient (Wildman–Crippen LogP) is 3.87. The second kappa shape index (κ2) is 6.77. The van der Waals surface area contributed by atoms with Gasteiger partial charge in [-0.2, -0.15) is 0 Å². The summed E-state index contributed by atoms with van der Waals surface area (Å²) in [4.78, 5) is 19.2. The molecule has 0 aliphatic rings. The molecule has 5 nitrogen and oxygen atoms in total. The van der Waals surface area contributed by atoms with Crippen LogP contribution in [-0.4, -0.2) is 22.2 Å². The lowest BCUT2D eigenvalue weighted by atomic mass is 10.2. The second-order valence-electron chi connectivity index (χ2n) is 4.52. The van der Waals surface area contributed by atoms with Crippen LogP contribution in [0.2, 0.25) is 0 Å². The Morgan fingerprint density at radius 1 is 1.21 bits per heavy atom. The molecule has 0 saturated carbocycles. The number of amides is 1. The molecular weight excluding hydrogens is 337 g/mol. The number of carbonyl (C=O) groups excluding carboxylic acids is 1. The zero-order valence-corrected chi connectivity index (χ0v) is 12.1. The molecule has 2 aromatic rings. The van der Waals surface area contributed by atoms with E-state index in [1.807, 2.05) is 0 Å². The summed E-state index contributed by atoms with van der Waals surface area (Å²) in [5.41, 5.74) is -1.35. The monoisotopic (exact) mass is 347 g/mol. The first kappa shape index (κ1) is 17.6. The van der Waals surface area contributed by atoms with Gasteiger partial charge in [0.05, 0.1) is 5.69 Å². The third-order valence-electron chi connectivity index (χ3n) is 2.67. The number of alkyl halides is 5. The lowest BCUT2D eigenvalue weighted by Gasteiger charge is -2.14. The first-order valence-electron chi connectivity index (χ1n) is 6.45.